The first-order chi connectivity index (χ1) is 13.7. The van der Waals surface area contributed by atoms with Crippen molar-refractivity contribution in [1.82, 2.24) is 10.3 Å². The van der Waals surface area contributed by atoms with Crippen LogP contribution >= 0.6 is 11.3 Å². The first-order valence-corrected chi connectivity index (χ1v) is 9.98. The number of para-hydroxylation sites is 1. The van der Waals surface area contributed by atoms with Crippen LogP contribution in [0.3, 0.4) is 0 Å². The highest BCUT2D eigenvalue weighted by Crippen LogP contribution is 2.36. The SMILES string of the molecule is O=C1CCCC2=C1C(c1ccc(F)cc1)N=C(Nc1nc3ccccc3s1)N2. The van der Waals surface area contributed by atoms with Crippen LogP contribution in [-0.2, 0) is 4.79 Å². The third kappa shape index (κ3) is 3.07. The number of halogens is 1. The number of anilines is 1. The van der Waals surface area contributed by atoms with Crippen LogP contribution in [0.15, 0.2) is 64.8 Å². The molecule has 2 aliphatic rings. The van der Waals surface area contributed by atoms with Gasteiger partial charge in [-0.3, -0.25) is 4.79 Å². The van der Waals surface area contributed by atoms with Gasteiger partial charge in [0.15, 0.2) is 10.9 Å². The molecule has 1 atom stereocenters. The number of carbonyl (C=O) groups excluding carboxylic acids is 1. The predicted molar refractivity (Wildman–Crippen MR) is 109 cm³/mol. The highest BCUT2D eigenvalue weighted by Gasteiger charge is 2.32. The van der Waals surface area contributed by atoms with Crippen LogP contribution in [0.1, 0.15) is 30.9 Å². The number of hydrogen-bond donors (Lipinski definition) is 2. The average Bonchev–Trinajstić information content (AvgIpc) is 3.10. The van der Waals surface area contributed by atoms with Crippen LogP contribution in [0.5, 0.6) is 0 Å². The number of nitrogens with one attached hydrogen (secondary N) is 2. The third-order valence-corrected chi connectivity index (χ3v) is 5.91. The van der Waals surface area contributed by atoms with Gasteiger partial charge >= 0.3 is 0 Å². The number of Topliss-reactive ketones (excluding diaryl/α,β-unsaturated/α-hetero) is 1. The number of allylic oxidation sites excluding steroid dienone is 1. The summed E-state index contributed by atoms with van der Waals surface area (Å²) in [6.07, 6.45) is 2.13. The van der Waals surface area contributed by atoms with Gasteiger partial charge in [0.05, 0.1) is 10.2 Å². The second-order valence-electron chi connectivity index (χ2n) is 6.84. The third-order valence-electron chi connectivity index (χ3n) is 4.96. The lowest BCUT2D eigenvalue weighted by Gasteiger charge is -2.30. The van der Waals surface area contributed by atoms with E-state index < -0.39 is 6.04 Å². The van der Waals surface area contributed by atoms with E-state index in [4.69, 9.17) is 4.99 Å². The summed E-state index contributed by atoms with van der Waals surface area (Å²) in [7, 11) is 0. The minimum absolute atomic E-state index is 0.103. The molecule has 1 aromatic heterocycles. The number of aliphatic imine (C=N–C) groups is 1. The van der Waals surface area contributed by atoms with E-state index in [1.54, 1.807) is 23.5 Å². The summed E-state index contributed by atoms with van der Waals surface area (Å²) >= 11 is 1.54. The summed E-state index contributed by atoms with van der Waals surface area (Å²) in [5, 5.41) is 7.27. The predicted octanol–water partition coefficient (Wildman–Crippen LogP) is 4.55. The Morgan fingerprint density at radius 1 is 1.11 bits per heavy atom. The molecule has 0 spiro atoms. The van der Waals surface area contributed by atoms with E-state index in [1.807, 2.05) is 24.3 Å². The van der Waals surface area contributed by atoms with Gasteiger partial charge in [-0.1, -0.05) is 35.6 Å². The zero-order chi connectivity index (χ0) is 19.1. The van der Waals surface area contributed by atoms with Gasteiger partial charge < -0.3 is 10.6 Å². The van der Waals surface area contributed by atoms with Crippen molar-refractivity contribution in [3.05, 3.63) is 71.2 Å². The second kappa shape index (κ2) is 6.83. The van der Waals surface area contributed by atoms with Crippen LogP contribution in [-0.4, -0.2) is 16.7 Å². The lowest BCUT2D eigenvalue weighted by atomic mass is 9.86. The smallest absolute Gasteiger partial charge is 0.202 e. The molecule has 0 radical (unpaired) electrons. The number of rotatable bonds is 2. The van der Waals surface area contributed by atoms with E-state index in [2.05, 4.69) is 15.6 Å². The molecule has 0 bridgehead atoms. The molecule has 0 saturated carbocycles. The topological polar surface area (TPSA) is 66.4 Å². The van der Waals surface area contributed by atoms with Crippen LogP contribution in [0.25, 0.3) is 10.2 Å². The van der Waals surface area contributed by atoms with Crippen LogP contribution in [0.2, 0.25) is 0 Å². The Balaban J connectivity index is 1.52. The molecule has 2 N–H and O–H groups in total. The number of nitrogens with zero attached hydrogens (tertiary/aromatic N) is 2. The second-order valence-corrected chi connectivity index (χ2v) is 7.87. The molecule has 0 fully saturated rings. The normalized spacial score (nSPS) is 19.2. The lowest BCUT2D eigenvalue weighted by molar-refractivity contribution is -0.116. The first kappa shape index (κ1) is 17.1. The van der Waals surface area contributed by atoms with Crippen molar-refractivity contribution in [2.75, 3.05) is 5.32 Å². The molecule has 2 aromatic carbocycles. The molecule has 28 heavy (non-hydrogen) atoms. The zero-order valence-corrected chi connectivity index (χ0v) is 15.7. The van der Waals surface area contributed by atoms with Crippen molar-refractivity contribution in [3.8, 4) is 0 Å². The Morgan fingerprint density at radius 3 is 2.75 bits per heavy atom. The number of hydrogen-bond acceptors (Lipinski definition) is 6. The number of guanidine groups is 1. The summed E-state index contributed by atoms with van der Waals surface area (Å²) < 4.78 is 14.5. The number of aromatic nitrogens is 1. The molecule has 2 heterocycles. The largest absolute Gasteiger partial charge is 0.329 e. The van der Waals surface area contributed by atoms with E-state index in [0.29, 0.717) is 18.0 Å². The molecular weight excluding hydrogens is 375 g/mol. The molecule has 1 aliphatic carbocycles. The molecule has 1 unspecified atom stereocenters. The van der Waals surface area contributed by atoms with Crippen molar-refractivity contribution >= 4 is 38.4 Å². The average molecular weight is 392 g/mol. The summed E-state index contributed by atoms with van der Waals surface area (Å²) in [5.41, 5.74) is 3.31. The first-order valence-electron chi connectivity index (χ1n) is 9.16. The fourth-order valence-corrected chi connectivity index (χ4v) is 4.52. The fraction of sp³-hybridized carbons (Fsp3) is 0.190. The minimum Gasteiger partial charge on any atom is -0.329 e. The molecule has 7 heteroatoms. The lowest BCUT2D eigenvalue weighted by Crippen LogP contribution is -2.38. The summed E-state index contributed by atoms with van der Waals surface area (Å²) in [6, 6.07) is 13.7. The maximum atomic E-state index is 13.4. The maximum Gasteiger partial charge on any atom is 0.202 e. The van der Waals surface area contributed by atoms with Crippen molar-refractivity contribution in [1.29, 1.82) is 0 Å². The Morgan fingerprint density at radius 2 is 1.93 bits per heavy atom. The van der Waals surface area contributed by atoms with Gasteiger partial charge in [-0.25, -0.2) is 14.4 Å². The van der Waals surface area contributed by atoms with E-state index in [9.17, 15) is 9.18 Å². The number of carbonyl (C=O) groups is 1. The quantitative estimate of drug-likeness (QED) is 0.671. The van der Waals surface area contributed by atoms with Gasteiger partial charge in [0, 0.05) is 17.7 Å². The summed E-state index contributed by atoms with van der Waals surface area (Å²) in [4.78, 5) is 21.9. The number of thiazole rings is 1. The Kier molecular flexibility index (Phi) is 4.16. The molecule has 0 saturated heterocycles. The van der Waals surface area contributed by atoms with Crippen LogP contribution < -0.4 is 10.6 Å². The number of ketones is 1. The zero-order valence-electron chi connectivity index (χ0n) is 14.9. The standard InChI is InChI=1S/C21H17FN4OS/c22-13-10-8-12(9-11-13)19-18-15(5-3-6-16(18)27)23-20(25-19)26-21-24-14-4-1-2-7-17(14)28-21/h1-2,4,7-11,19H,3,5-6H2,(H2,23,24,25,26). The molecule has 3 aromatic rings. The van der Waals surface area contributed by atoms with E-state index in [0.717, 1.165) is 39.5 Å². The molecule has 140 valence electrons. The monoisotopic (exact) mass is 392 g/mol. The van der Waals surface area contributed by atoms with Gasteiger partial charge in [0.2, 0.25) is 5.96 Å². The van der Waals surface area contributed by atoms with Crippen LogP contribution in [0, 0.1) is 5.82 Å². The minimum atomic E-state index is -0.443. The van der Waals surface area contributed by atoms with Crippen molar-refractivity contribution in [2.45, 2.75) is 25.3 Å². The van der Waals surface area contributed by atoms with Gasteiger partial charge in [-0.15, -0.1) is 0 Å². The van der Waals surface area contributed by atoms with Crippen LogP contribution in [0.4, 0.5) is 9.52 Å². The molecule has 1 aliphatic heterocycles. The van der Waals surface area contributed by atoms with Crippen molar-refractivity contribution < 1.29 is 9.18 Å². The van der Waals surface area contributed by atoms with Gasteiger partial charge in [-0.05, 0) is 42.7 Å². The van der Waals surface area contributed by atoms with E-state index in [-0.39, 0.29) is 11.6 Å². The maximum absolute atomic E-state index is 13.4. The van der Waals surface area contributed by atoms with Crippen molar-refractivity contribution in [3.63, 3.8) is 0 Å². The number of fused-ring (bicyclic) bond motifs is 1. The highest BCUT2D eigenvalue weighted by molar-refractivity contribution is 7.22. The Hall–Kier alpha value is -3.06. The van der Waals surface area contributed by atoms with Gasteiger partial charge in [-0.2, -0.15) is 0 Å². The molecule has 5 nitrogen and oxygen atoms in total. The molecule has 5 rings (SSSR count). The highest BCUT2D eigenvalue weighted by atomic mass is 32.1. The Bertz CT molecular complexity index is 1100. The van der Waals surface area contributed by atoms with Gasteiger partial charge in [0.25, 0.3) is 0 Å². The fourth-order valence-electron chi connectivity index (χ4n) is 3.66. The summed E-state index contributed by atoms with van der Waals surface area (Å²) in [6.45, 7) is 0. The van der Waals surface area contributed by atoms with Gasteiger partial charge in [0.1, 0.15) is 11.9 Å². The van der Waals surface area contributed by atoms with E-state index >= 15 is 0 Å². The molecular formula is C21H17FN4OS. The summed E-state index contributed by atoms with van der Waals surface area (Å²) in [5.74, 6) is 0.353. The Labute approximate surface area is 165 Å². The van der Waals surface area contributed by atoms with E-state index in [1.165, 1.54) is 12.1 Å². The van der Waals surface area contributed by atoms with Crippen molar-refractivity contribution in [2.24, 2.45) is 4.99 Å². The number of benzene rings is 2. The molecule has 0 amide bonds.